The zero-order valence-electron chi connectivity index (χ0n) is 18.8. The molecule has 0 spiro atoms. The molecule has 3 atom stereocenters. The molecule has 9 nitrogen and oxygen atoms in total. The van der Waals surface area contributed by atoms with Gasteiger partial charge in [0.2, 0.25) is 0 Å². The molecule has 17 heteroatoms. The third kappa shape index (κ3) is 5.53. The van der Waals surface area contributed by atoms with E-state index in [0.29, 0.717) is 5.69 Å². The molecule has 0 N–H and O–H groups in total. The maximum Gasteiger partial charge on any atom is 0.523 e. The van der Waals surface area contributed by atoms with Gasteiger partial charge in [0.1, 0.15) is 12.2 Å². The minimum absolute atomic E-state index is 0.0951. The summed E-state index contributed by atoms with van der Waals surface area (Å²) in [5, 5.41) is 0. The van der Waals surface area contributed by atoms with Crippen molar-refractivity contribution < 1.29 is 56.3 Å². The SMILES string of the molecule is CN1C=CC(C(OS(=O)(=O)C(F)(F)F)C(OS(=O)(=O)C(F)(F)F)c2ccc(C=O)n2C)c2ccccc21. The number of carbonyl (C=O) groups excluding carboxylic acids is 1. The first-order valence-corrected chi connectivity index (χ1v) is 12.8. The number of benzene rings is 1. The van der Waals surface area contributed by atoms with Gasteiger partial charge in [-0.1, -0.05) is 24.3 Å². The quantitative estimate of drug-likeness (QED) is 0.202. The van der Waals surface area contributed by atoms with Crippen LogP contribution in [0.25, 0.3) is 0 Å². The van der Waals surface area contributed by atoms with Gasteiger partial charge in [-0.15, -0.1) is 0 Å². The zero-order valence-corrected chi connectivity index (χ0v) is 20.4. The summed E-state index contributed by atoms with van der Waals surface area (Å²) in [7, 11) is -10.4. The molecule has 1 aliphatic heterocycles. The fourth-order valence-electron chi connectivity index (χ4n) is 3.69. The first-order valence-electron chi connectivity index (χ1n) is 10.0. The molecular weight excluding hydrogens is 558 g/mol. The van der Waals surface area contributed by atoms with Crippen LogP contribution in [0, 0.1) is 0 Å². The lowest BCUT2D eigenvalue weighted by Gasteiger charge is -2.36. The maximum atomic E-state index is 13.3. The standard InChI is InChI=1S/C20H18F6N2O7S2/c1-27-10-9-14(13-5-3-4-6-15(13)27)17(34-36(30,31)19(21,22)23)18(35-37(32,33)20(24,25)26)16-8-7-12(11-29)28(16)2/h3-11,14,17-18H,1-2H3. The Morgan fingerprint density at radius 1 is 0.892 bits per heavy atom. The highest BCUT2D eigenvalue weighted by atomic mass is 32.2. The van der Waals surface area contributed by atoms with E-state index in [2.05, 4.69) is 8.37 Å². The topological polar surface area (TPSA) is 112 Å². The molecule has 0 bridgehead atoms. The number of hydrogen-bond donors (Lipinski definition) is 0. The highest BCUT2D eigenvalue weighted by molar-refractivity contribution is 7.88. The summed E-state index contributed by atoms with van der Waals surface area (Å²) >= 11 is 0. The molecule has 3 unspecified atom stereocenters. The van der Waals surface area contributed by atoms with Gasteiger partial charge in [-0.05, 0) is 23.8 Å². The largest absolute Gasteiger partial charge is 0.523 e. The Kier molecular flexibility index (Phi) is 7.57. The van der Waals surface area contributed by atoms with Crippen molar-refractivity contribution in [1.29, 1.82) is 0 Å². The lowest BCUT2D eigenvalue weighted by atomic mass is 9.86. The molecule has 1 aromatic carbocycles. The van der Waals surface area contributed by atoms with E-state index in [1.807, 2.05) is 0 Å². The summed E-state index contributed by atoms with van der Waals surface area (Å²) in [5.74, 6) is -1.56. The summed E-state index contributed by atoms with van der Waals surface area (Å²) in [4.78, 5) is 12.8. The van der Waals surface area contributed by atoms with Crippen LogP contribution in [0.3, 0.4) is 0 Å². The average Bonchev–Trinajstić information content (AvgIpc) is 3.15. The van der Waals surface area contributed by atoms with Gasteiger partial charge in [-0.2, -0.15) is 43.2 Å². The number of para-hydroxylation sites is 1. The number of rotatable bonds is 8. The van der Waals surface area contributed by atoms with Gasteiger partial charge in [-0.25, -0.2) is 0 Å². The van der Waals surface area contributed by atoms with E-state index in [4.69, 9.17) is 0 Å². The first-order chi connectivity index (χ1) is 16.9. The Bertz CT molecular complexity index is 1420. The molecular formula is C20H18F6N2O7S2. The van der Waals surface area contributed by atoms with E-state index in [1.165, 1.54) is 42.4 Å². The van der Waals surface area contributed by atoms with Crippen LogP contribution in [0.5, 0.6) is 0 Å². The van der Waals surface area contributed by atoms with Crippen molar-refractivity contribution in [2.75, 3.05) is 11.9 Å². The number of aldehydes is 1. The molecule has 37 heavy (non-hydrogen) atoms. The monoisotopic (exact) mass is 576 g/mol. The van der Waals surface area contributed by atoms with Crippen LogP contribution in [0.2, 0.25) is 0 Å². The highest BCUT2D eigenvalue weighted by Gasteiger charge is 2.55. The summed E-state index contributed by atoms with van der Waals surface area (Å²) in [6.07, 6.45) is -2.53. The van der Waals surface area contributed by atoms with E-state index in [0.717, 1.165) is 29.8 Å². The van der Waals surface area contributed by atoms with E-state index < -0.39 is 55.1 Å². The molecule has 0 saturated heterocycles. The van der Waals surface area contributed by atoms with Crippen molar-refractivity contribution in [2.45, 2.75) is 29.1 Å². The second kappa shape index (κ2) is 9.77. The number of halogens is 6. The zero-order chi connectivity index (χ0) is 28.0. The Morgan fingerprint density at radius 3 is 2.00 bits per heavy atom. The van der Waals surface area contributed by atoms with Crippen molar-refractivity contribution in [3.63, 3.8) is 0 Å². The Labute approximate surface area is 207 Å². The van der Waals surface area contributed by atoms with Crippen LogP contribution < -0.4 is 4.90 Å². The normalized spacial score (nSPS) is 18.4. The van der Waals surface area contributed by atoms with Gasteiger partial charge in [-0.3, -0.25) is 13.2 Å². The molecule has 3 rings (SSSR count). The van der Waals surface area contributed by atoms with Crippen LogP contribution >= 0.6 is 0 Å². The molecule has 0 amide bonds. The summed E-state index contributed by atoms with van der Waals surface area (Å²) in [5.41, 5.74) is -12.5. The summed E-state index contributed by atoms with van der Waals surface area (Å²) < 4.78 is 137. The number of aromatic nitrogens is 1. The average molecular weight is 576 g/mol. The van der Waals surface area contributed by atoms with E-state index in [9.17, 15) is 48.0 Å². The Balaban J connectivity index is 2.31. The summed E-state index contributed by atoms with van der Waals surface area (Å²) in [6, 6.07) is 7.70. The molecule has 0 aliphatic carbocycles. The number of fused-ring (bicyclic) bond motifs is 1. The van der Waals surface area contributed by atoms with E-state index in [1.54, 1.807) is 0 Å². The van der Waals surface area contributed by atoms with Crippen molar-refractivity contribution >= 4 is 32.2 Å². The summed E-state index contributed by atoms with van der Waals surface area (Å²) in [6.45, 7) is 0. The molecule has 1 aromatic heterocycles. The van der Waals surface area contributed by atoms with Crippen LogP contribution in [0.4, 0.5) is 32.0 Å². The van der Waals surface area contributed by atoms with E-state index in [-0.39, 0.29) is 17.5 Å². The number of hydrogen-bond acceptors (Lipinski definition) is 8. The minimum Gasteiger partial charge on any atom is -0.351 e. The third-order valence-electron chi connectivity index (χ3n) is 5.49. The fourth-order valence-corrected chi connectivity index (χ4v) is 4.91. The Morgan fingerprint density at radius 2 is 1.46 bits per heavy atom. The van der Waals surface area contributed by atoms with Crippen molar-refractivity contribution in [1.82, 2.24) is 4.57 Å². The number of alkyl halides is 6. The molecule has 1 aliphatic rings. The highest BCUT2D eigenvalue weighted by Crippen LogP contribution is 2.44. The second-order valence-corrected chi connectivity index (χ2v) is 10.9. The van der Waals surface area contributed by atoms with Gasteiger partial charge < -0.3 is 9.47 Å². The number of anilines is 1. The lowest BCUT2D eigenvalue weighted by molar-refractivity contribution is -0.0728. The first kappa shape index (κ1) is 28.7. The van der Waals surface area contributed by atoms with Crippen LogP contribution in [0.1, 0.15) is 33.8 Å². The smallest absolute Gasteiger partial charge is 0.351 e. The number of carbonyl (C=O) groups is 1. The van der Waals surface area contributed by atoms with Crippen LogP contribution in [-0.2, 0) is 35.7 Å². The van der Waals surface area contributed by atoms with Crippen molar-refractivity contribution in [3.8, 4) is 0 Å². The minimum atomic E-state index is -6.51. The van der Waals surface area contributed by atoms with E-state index >= 15 is 0 Å². The van der Waals surface area contributed by atoms with Gasteiger partial charge in [0, 0.05) is 31.9 Å². The third-order valence-corrected chi connectivity index (χ3v) is 7.56. The molecule has 2 heterocycles. The second-order valence-electron chi connectivity index (χ2n) is 7.77. The van der Waals surface area contributed by atoms with Gasteiger partial charge in [0.15, 0.2) is 6.29 Å². The van der Waals surface area contributed by atoms with Gasteiger partial charge in [0.25, 0.3) is 0 Å². The van der Waals surface area contributed by atoms with Crippen LogP contribution in [0.15, 0.2) is 48.7 Å². The molecule has 0 fully saturated rings. The lowest BCUT2D eigenvalue weighted by Crippen LogP contribution is -2.41. The van der Waals surface area contributed by atoms with Crippen LogP contribution in [-0.4, -0.2) is 51.9 Å². The number of nitrogens with zero attached hydrogens (tertiary/aromatic N) is 2. The van der Waals surface area contributed by atoms with Crippen molar-refractivity contribution in [2.24, 2.45) is 7.05 Å². The molecule has 0 radical (unpaired) electrons. The molecule has 2 aromatic rings. The maximum absolute atomic E-state index is 13.3. The predicted molar refractivity (Wildman–Crippen MR) is 116 cm³/mol. The van der Waals surface area contributed by atoms with Gasteiger partial charge in [0.05, 0.1) is 11.4 Å². The van der Waals surface area contributed by atoms with Crippen molar-refractivity contribution in [3.05, 3.63) is 65.6 Å². The predicted octanol–water partition coefficient (Wildman–Crippen LogP) is 3.73. The molecule has 204 valence electrons. The Hall–Kier alpha value is -2.89. The fraction of sp³-hybridized carbons (Fsp3) is 0.350. The van der Waals surface area contributed by atoms with Gasteiger partial charge >= 0.3 is 31.3 Å². The molecule has 0 saturated carbocycles.